The molecule has 2 N–H and O–H groups in total. The molecule has 6 nitrogen and oxygen atoms in total. The number of hydrogen-bond acceptors (Lipinski definition) is 4. The number of thioether (sulfide) groups is 1. The maximum Gasteiger partial charge on any atom is 0.344 e. The van der Waals surface area contributed by atoms with Gasteiger partial charge in [-0.1, -0.05) is 18.7 Å². The van der Waals surface area contributed by atoms with Crippen LogP contribution in [-0.4, -0.2) is 31.1 Å². The molecule has 7 heteroatoms. The molecule has 0 saturated carbocycles. The van der Waals surface area contributed by atoms with E-state index in [0.29, 0.717) is 11.6 Å². The Morgan fingerprint density at radius 2 is 2.25 bits per heavy atom. The zero-order valence-electron chi connectivity index (χ0n) is 9.43. The fraction of sp³-hybridized carbons (Fsp3) is 0.667. The number of nitrogens with zero attached hydrogens (tertiary/aromatic N) is 2. The number of nitrogens with one attached hydrogen (secondary N) is 1. The zero-order chi connectivity index (χ0) is 12.3. The highest BCUT2D eigenvalue weighted by Crippen LogP contribution is 2.24. The third kappa shape index (κ3) is 2.66. The lowest BCUT2D eigenvalue weighted by molar-refractivity contribution is -0.136. The van der Waals surface area contributed by atoms with Crippen LogP contribution < -0.4 is 5.69 Å². The lowest BCUT2D eigenvalue weighted by Gasteiger charge is -2.11. The number of rotatable bonds is 5. The van der Waals surface area contributed by atoms with Crippen molar-refractivity contribution in [1.29, 1.82) is 0 Å². The Labute approximate surface area is 97.1 Å². The fourth-order valence-electron chi connectivity index (χ4n) is 1.26. The number of carboxylic acids is 1. The van der Waals surface area contributed by atoms with E-state index in [1.54, 1.807) is 6.92 Å². The number of H-pyrrole nitrogens is 1. The number of aromatic amines is 1. The number of aromatic nitrogens is 3. The maximum absolute atomic E-state index is 11.4. The standard InChI is InChI=1S/C9H15N3O3S/c1-4-6(7(13)14)16-9-11-10-8(15)12(9)5(2)3/h5-6H,4H2,1-3H3,(H,10,15)(H,13,14). The van der Waals surface area contributed by atoms with Crippen molar-refractivity contribution in [3.8, 4) is 0 Å². The van der Waals surface area contributed by atoms with Gasteiger partial charge < -0.3 is 5.11 Å². The van der Waals surface area contributed by atoms with Crippen LogP contribution in [0.1, 0.15) is 33.2 Å². The average molecular weight is 245 g/mol. The molecular formula is C9H15N3O3S. The molecule has 16 heavy (non-hydrogen) atoms. The van der Waals surface area contributed by atoms with E-state index in [-0.39, 0.29) is 11.7 Å². The molecule has 0 spiro atoms. The van der Waals surface area contributed by atoms with Gasteiger partial charge in [0.25, 0.3) is 0 Å². The Bertz CT molecular complexity index is 424. The van der Waals surface area contributed by atoms with Crippen LogP contribution in [0.15, 0.2) is 9.95 Å². The normalized spacial score (nSPS) is 13.0. The minimum Gasteiger partial charge on any atom is -0.480 e. The lowest BCUT2D eigenvalue weighted by Crippen LogP contribution is -2.21. The summed E-state index contributed by atoms with van der Waals surface area (Å²) in [5, 5.41) is 14.9. The summed E-state index contributed by atoms with van der Waals surface area (Å²) in [6.45, 7) is 5.49. The van der Waals surface area contributed by atoms with Gasteiger partial charge in [0.05, 0.1) is 0 Å². The van der Waals surface area contributed by atoms with Crippen LogP contribution in [0.4, 0.5) is 0 Å². The molecule has 0 aromatic carbocycles. The Hall–Kier alpha value is -1.24. The van der Waals surface area contributed by atoms with E-state index in [9.17, 15) is 9.59 Å². The van der Waals surface area contributed by atoms with Crippen LogP contribution >= 0.6 is 11.8 Å². The van der Waals surface area contributed by atoms with E-state index in [4.69, 9.17) is 5.11 Å². The van der Waals surface area contributed by atoms with Crippen molar-refractivity contribution in [2.24, 2.45) is 0 Å². The van der Waals surface area contributed by atoms with Gasteiger partial charge in [-0.2, -0.15) is 0 Å². The summed E-state index contributed by atoms with van der Waals surface area (Å²) in [7, 11) is 0. The van der Waals surface area contributed by atoms with Crippen LogP contribution in [-0.2, 0) is 4.79 Å². The van der Waals surface area contributed by atoms with Crippen LogP contribution in [0.2, 0.25) is 0 Å². The van der Waals surface area contributed by atoms with Gasteiger partial charge >= 0.3 is 11.7 Å². The second kappa shape index (κ2) is 5.20. The largest absolute Gasteiger partial charge is 0.480 e. The summed E-state index contributed by atoms with van der Waals surface area (Å²) in [6.07, 6.45) is 0.485. The third-order valence-corrected chi connectivity index (χ3v) is 3.40. The van der Waals surface area contributed by atoms with Crippen molar-refractivity contribution in [2.45, 2.75) is 43.6 Å². The van der Waals surface area contributed by atoms with Crippen LogP contribution in [0.25, 0.3) is 0 Å². The molecule has 0 aliphatic heterocycles. The van der Waals surface area contributed by atoms with Crippen molar-refractivity contribution in [2.75, 3.05) is 0 Å². The van der Waals surface area contributed by atoms with E-state index in [2.05, 4.69) is 10.2 Å². The first-order valence-electron chi connectivity index (χ1n) is 5.03. The molecule has 0 bridgehead atoms. The van der Waals surface area contributed by atoms with Gasteiger partial charge in [-0.15, -0.1) is 5.10 Å². The van der Waals surface area contributed by atoms with E-state index >= 15 is 0 Å². The van der Waals surface area contributed by atoms with Gasteiger partial charge in [-0.05, 0) is 20.3 Å². The summed E-state index contributed by atoms with van der Waals surface area (Å²) in [4.78, 5) is 22.3. The molecule has 1 unspecified atom stereocenters. The number of aliphatic carboxylic acids is 1. The highest BCUT2D eigenvalue weighted by atomic mass is 32.2. The second-order valence-corrected chi connectivity index (χ2v) is 4.80. The minimum atomic E-state index is -0.891. The molecule has 0 radical (unpaired) electrons. The zero-order valence-corrected chi connectivity index (χ0v) is 10.2. The molecule has 1 heterocycles. The SMILES string of the molecule is CCC(Sc1n[nH]c(=O)n1C(C)C)C(=O)O. The topological polar surface area (TPSA) is 88.0 Å². The van der Waals surface area contributed by atoms with Gasteiger partial charge in [-0.3, -0.25) is 9.36 Å². The third-order valence-electron chi connectivity index (χ3n) is 2.08. The Balaban J connectivity index is 2.97. The quantitative estimate of drug-likeness (QED) is 0.759. The molecule has 1 aromatic rings. The number of carboxylic acid groups (broad SMARTS) is 1. The molecule has 1 rings (SSSR count). The van der Waals surface area contributed by atoms with Gasteiger partial charge in [-0.25, -0.2) is 9.89 Å². The summed E-state index contributed by atoms with van der Waals surface area (Å²) in [6, 6.07) is -0.0416. The van der Waals surface area contributed by atoms with Gasteiger partial charge in [0.2, 0.25) is 0 Å². The van der Waals surface area contributed by atoms with Crippen molar-refractivity contribution < 1.29 is 9.90 Å². The Morgan fingerprint density at radius 3 is 2.69 bits per heavy atom. The summed E-state index contributed by atoms with van der Waals surface area (Å²) in [5.41, 5.74) is -0.308. The molecule has 0 aliphatic carbocycles. The monoisotopic (exact) mass is 245 g/mol. The van der Waals surface area contributed by atoms with Crippen LogP contribution in [0.3, 0.4) is 0 Å². The molecule has 1 aromatic heterocycles. The van der Waals surface area contributed by atoms with Crippen molar-refractivity contribution in [1.82, 2.24) is 14.8 Å². The highest BCUT2D eigenvalue weighted by molar-refractivity contribution is 8.00. The molecule has 0 amide bonds. The van der Waals surface area contributed by atoms with Crippen molar-refractivity contribution >= 4 is 17.7 Å². The smallest absolute Gasteiger partial charge is 0.344 e. The number of carbonyl (C=O) groups is 1. The van der Waals surface area contributed by atoms with E-state index in [1.807, 2.05) is 13.8 Å². The van der Waals surface area contributed by atoms with E-state index in [1.165, 1.54) is 4.57 Å². The molecule has 1 atom stereocenters. The Kier molecular flexibility index (Phi) is 4.17. The molecule has 0 saturated heterocycles. The molecule has 0 fully saturated rings. The van der Waals surface area contributed by atoms with Crippen LogP contribution in [0, 0.1) is 0 Å². The summed E-state index contributed by atoms with van der Waals surface area (Å²) >= 11 is 1.09. The van der Waals surface area contributed by atoms with E-state index < -0.39 is 11.2 Å². The maximum atomic E-state index is 11.4. The first kappa shape index (κ1) is 12.8. The summed E-state index contributed by atoms with van der Waals surface area (Å²) < 4.78 is 1.45. The first-order chi connectivity index (χ1) is 7.47. The molecule has 0 aliphatic rings. The predicted octanol–water partition coefficient (Wildman–Crippen LogP) is 1.11. The van der Waals surface area contributed by atoms with Gasteiger partial charge in [0.1, 0.15) is 5.25 Å². The first-order valence-corrected chi connectivity index (χ1v) is 5.91. The van der Waals surface area contributed by atoms with Gasteiger partial charge in [0, 0.05) is 6.04 Å². The molecular weight excluding hydrogens is 230 g/mol. The van der Waals surface area contributed by atoms with Crippen LogP contribution in [0.5, 0.6) is 0 Å². The van der Waals surface area contributed by atoms with Gasteiger partial charge in [0.15, 0.2) is 5.16 Å². The Morgan fingerprint density at radius 1 is 1.62 bits per heavy atom. The number of hydrogen-bond donors (Lipinski definition) is 2. The minimum absolute atomic E-state index is 0.0416. The van der Waals surface area contributed by atoms with Crippen molar-refractivity contribution in [3.63, 3.8) is 0 Å². The van der Waals surface area contributed by atoms with Crippen molar-refractivity contribution in [3.05, 3.63) is 10.5 Å². The second-order valence-electron chi connectivity index (χ2n) is 3.63. The molecule has 90 valence electrons. The predicted molar refractivity (Wildman–Crippen MR) is 60.8 cm³/mol. The summed E-state index contributed by atoms with van der Waals surface area (Å²) in [5.74, 6) is -0.891. The van der Waals surface area contributed by atoms with E-state index in [0.717, 1.165) is 11.8 Å². The average Bonchev–Trinajstić information content (AvgIpc) is 2.55. The fourth-order valence-corrected chi connectivity index (χ4v) is 2.29. The lowest BCUT2D eigenvalue weighted by atomic mass is 10.3. The highest BCUT2D eigenvalue weighted by Gasteiger charge is 2.21.